The standard InChI is InChI=1S/C17H27FN2/c1-4-20(12-14-8-9-14)17-7-5-6-16(18)15(17)11-19-10-13(2)3/h5-7,13-14,19H,4,8-12H2,1-3H3. The van der Waals surface area contributed by atoms with Crippen LogP contribution >= 0.6 is 0 Å². The molecular formula is C17H27FN2. The van der Waals surface area contributed by atoms with E-state index in [0.717, 1.165) is 36.8 Å². The molecule has 0 unspecified atom stereocenters. The zero-order chi connectivity index (χ0) is 14.5. The Labute approximate surface area is 122 Å². The van der Waals surface area contributed by atoms with Crippen LogP contribution in [0.25, 0.3) is 0 Å². The number of nitrogens with one attached hydrogen (secondary N) is 1. The fourth-order valence-electron chi connectivity index (χ4n) is 2.51. The van der Waals surface area contributed by atoms with Gasteiger partial charge in [-0.25, -0.2) is 4.39 Å². The topological polar surface area (TPSA) is 15.3 Å². The summed E-state index contributed by atoms with van der Waals surface area (Å²) >= 11 is 0. The van der Waals surface area contributed by atoms with Gasteiger partial charge < -0.3 is 10.2 Å². The Bertz CT molecular complexity index is 427. The van der Waals surface area contributed by atoms with E-state index in [-0.39, 0.29) is 5.82 Å². The SMILES string of the molecule is CCN(CC1CC1)c1cccc(F)c1CNCC(C)C. The van der Waals surface area contributed by atoms with Crippen molar-refractivity contribution in [1.82, 2.24) is 5.32 Å². The zero-order valence-electron chi connectivity index (χ0n) is 13.0. The molecule has 0 spiro atoms. The van der Waals surface area contributed by atoms with Crippen molar-refractivity contribution >= 4 is 5.69 Å². The van der Waals surface area contributed by atoms with Gasteiger partial charge in [0.2, 0.25) is 0 Å². The van der Waals surface area contributed by atoms with E-state index < -0.39 is 0 Å². The Kier molecular flexibility index (Phi) is 5.41. The molecule has 1 aliphatic carbocycles. The fourth-order valence-corrected chi connectivity index (χ4v) is 2.51. The third kappa shape index (κ3) is 4.20. The van der Waals surface area contributed by atoms with Crippen LogP contribution in [0.4, 0.5) is 10.1 Å². The molecule has 112 valence electrons. The molecule has 0 heterocycles. The summed E-state index contributed by atoms with van der Waals surface area (Å²) in [5, 5.41) is 3.36. The van der Waals surface area contributed by atoms with Gasteiger partial charge in [0.25, 0.3) is 0 Å². The van der Waals surface area contributed by atoms with Gasteiger partial charge in [0, 0.05) is 30.9 Å². The highest BCUT2D eigenvalue weighted by atomic mass is 19.1. The summed E-state index contributed by atoms with van der Waals surface area (Å²) in [6.45, 7) is 10.0. The second kappa shape index (κ2) is 7.07. The molecule has 3 heteroatoms. The van der Waals surface area contributed by atoms with Crippen molar-refractivity contribution in [2.75, 3.05) is 24.5 Å². The van der Waals surface area contributed by atoms with Crippen LogP contribution in [0.15, 0.2) is 18.2 Å². The van der Waals surface area contributed by atoms with Gasteiger partial charge in [0.05, 0.1) is 0 Å². The molecule has 1 aromatic carbocycles. The lowest BCUT2D eigenvalue weighted by molar-refractivity contribution is 0.533. The van der Waals surface area contributed by atoms with Crippen LogP contribution in [0.1, 0.15) is 39.2 Å². The Morgan fingerprint density at radius 1 is 1.35 bits per heavy atom. The maximum atomic E-state index is 14.2. The number of nitrogens with zero attached hydrogens (tertiary/aromatic N) is 1. The summed E-state index contributed by atoms with van der Waals surface area (Å²) < 4.78 is 14.2. The van der Waals surface area contributed by atoms with Crippen molar-refractivity contribution < 1.29 is 4.39 Å². The van der Waals surface area contributed by atoms with E-state index >= 15 is 0 Å². The van der Waals surface area contributed by atoms with Gasteiger partial charge >= 0.3 is 0 Å². The molecule has 0 atom stereocenters. The van der Waals surface area contributed by atoms with Gasteiger partial charge in [-0.2, -0.15) is 0 Å². The predicted octanol–water partition coefficient (Wildman–Crippen LogP) is 3.81. The first-order chi connectivity index (χ1) is 9.61. The lowest BCUT2D eigenvalue weighted by atomic mass is 10.1. The first-order valence-corrected chi connectivity index (χ1v) is 7.84. The first-order valence-electron chi connectivity index (χ1n) is 7.84. The third-order valence-electron chi connectivity index (χ3n) is 3.85. The molecule has 1 aromatic rings. The van der Waals surface area contributed by atoms with E-state index in [2.05, 4.69) is 37.1 Å². The van der Waals surface area contributed by atoms with Crippen LogP contribution in [0.2, 0.25) is 0 Å². The maximum Gasteiger partial charge on any atom is 0.129 e. The largest absolute Gasteiger partial charge is 0.371 e. The van der Waals surface area contributed by atoms with Crippen LogP contribution in [0.3, 0.4) is 0 Å². The Balaban J connectivity index is 2.10. The van der Waals surface area contributed by atoms with Gasteiger partial charge in [-0.1, -0.05) is 19.9 Å². The van der Waals surface area contributed by atoms with Gasteiger partial charge in [-0.05, 0) is 50.3 Å². The van der Waals surface area contributed by atoms with Crippen LogP contribution in [0, 0.1) is 17.7 Å². The molecule has 1 N–H and O–H groups in total. The first kappa shape index (κ1) is 15.3. The van der Waals surface area contributed by atoms with E-state index in [9.17, 15) is 4.39 Å². The highest BCUT2D eigenvalue weighted by Crippen LogP contribution is 2.32. The van der Waals surface area contributed by atoms with E-state index in [0.29, 0.717) is 12.5 Å². The van der Waals surface area contributed by atoms with E-state index in [4.69, 9.17) is 0 Å². The molecule has 0 bridgehead atoms. The molecule has 0 radical (unpaired) electrons. The average Bonchev–Trinajstić information content (AvgIpc) is 3.21. The van der Waals surface area contributed by atoms with Gasteiger partial charge in [0.1, 0.15) is 5.82 Å². The van der Waals surface area contributed by atoms with Crippen molar-refractivity contribution in [2.24, 2.45) is 11.8 Å². The molecule has 0 aromatic heterocycles. The quantitative estimate of drug-likeness (QED) is 0.778. The van der Waals surface area contributed by atoms with Crippen LogP contribution in [0.5, 0.6) is 0 Å². The molecule has 0 aliphatic heterocycles. The second-order valence-corrected chi connectivity index (χ2v) is 6.24. The molecule has 1 fully saturated rings. The maximum absolute atomic E-state index is 14.2. The lowest BCUT2D eigenvalue weighted by Gasteiger charge is -2.26. The van der Waals surface area contributed by atoms with E-state index in [1.807, 2.05) is 6.07 Å². The molecule has 1 aliphatic rings. The summed E-state index contributed by atoms with van der Waals surface area (Å²) in [4.78, 5) is 2.33. The van der Waals surface area contributed by atoms with Crippen molar-refractivity contribution in [2.45, 2.75) is 40.2 Å². The van der Waals surface area contributed by atoms with Crippen LogP contribution in [-0.2, 0) is 6.54 Å². The van der Waals surface area contributed by atoms with E-state index in [1.165, 1.54) is 12.8 Å². The fraction of sp³-hybridized carbons (Fsp3) is 0.647. The van der Waals surface area contributed by atoms with Crippen LogP contribution < -0.4 is 10.2 Å². The minimum absolute atomic E-state index is 0.0898. The smallest absolute Gasteiger partial charge is 0.129 e. The minimum Gasteiger partial charge on any atom is -0.371 e. The van der Waals surface area contributed by atoms with Crippen molar-refractivity contribution in [3.05, 3.63) is 29.6 Å². The molecule has 0 amide bonds. The number of benzene rings is 1. The summed E-state index contributed by atoms with van der Waals surface area (Å²) in [6.07, 6.45) is 2.65. The van der Waals surface area contributed by atoms with Crippen molar-refractivity contribution in [3.63, 3.8) is 0 Å². The predicted molar refractivity (Wildman–Crippen MR) is 83.6 cm³/mol. The van der Waals surface area contributed by atoms with Gasteiger partial charge in [-0.3, -0.25) is 0 Å². The summed E-state index contributed by atoms with van der Waals surface area (Å²) in [5.41, 5.74) is 1.88. The normalized spacial score (nSPS) is 14.8. The van der Waals surface area contributed by atoms with Crippen molar-refractivity contribution in [3.8, 4) is 0 Å². The average molecular weight is 278 g/mol. The highest BCUT2D eigenvalue weighted by molar-refractivity contribution is 5.54. The summed E-state index contributed by atoms with van der Waals surface area (Å²) in [7, 11) is 0. The summed E-state index contributed by atoms with van der Waals surface area (Å²) in [6, 6.07) is 5.45. The Morgan fingerprint density at radius 3 is 2.70 bits per heavy atom. The van der Waals surface area contributed by atoms with Crippen LogP contribution in [-0.4, -0.2) is 19.6 Å². The Morgan fingerprint density at radius 2 is 2.10 bits per heavy atom. The molecular weight excluding hydrogens is 251 g/mol. The zero-order valence-corrected chi connectivity index (χ0v) is 13.0. The number of anilines is 1. The number of halogens is 1. The molecule has 2 nitrogen and oxygen atoms in total. The molecule has 20 heavy (non-hydrogen) atoms. The number of hydrogen-bond donors (Lipinski definition) is 1. The third-order valence-corrected chi connectivity index (χ3v) is 3.85. The van der Waals surface area contributed by atoms with Gasteiger partial charge in [-0.15, -0.1) is 0 Å². The van der Waals surface area contributed by atoms with E-state index in [1.54, 1.807) is 6.07 Å². The number of rotatable bonds is 8. The lowest BCUT2D eigenvalue weighted by Crippen LogP contribution is -2.28. The van der Waals surface area contributed by atoms with Crippen molar-refractivity contribution in [1.29, 1.82) is 0 Å². The van der Waals surface area contributed by atoms with Gasteiger partial charge in [0.15, 0.2) is 0 Å². The Hall–Kier alpha value is -1.09. The molecule has 1 saturated carbocycles. The molecule has 0 saturated heterocycles. The monoisotopic (exact) mass is 278 g/mol. The molecule has 2 rings (SSSR count). The second-order valence-electron chi connectivity index (χ2n) is 6.24. The highest BCUT2D eigenvalue weighted by Gasteiger charge is 2.25. The number of hydrogen-bond acceptors (Lipinski definition) is 2. The minimum atomic E-state index is -0.0898. The summed E-state index contributed by atoms with van der Waals surface area (Å²) in [5.74, 6) is 1.31.